The van der Waals surface area contributed by atoms with E-state index in [1.54, 1.807) is 18.2 Å². The number of amides is 1. The van der Waals surface area contributed by atoms with E-state index in [2.05, 4.69) is 15.0 Å². The van der Waals surface area contributed by atoms with Crippen LogP contribution in [0.3, 0.4) is 0 Å². The zero-order valence-corrected chi connectivity index (χ0v) is 17.8. The molecular weight excluding hydrogens is 398 g/mol. The van der Waals surface area contributed by atoms with Gasteiger partial charge in [-0.1, -0.05) is 43.2 Å². The molecule has 30 heavy (non-hydrogen) atoms. The third kappa shape index (κ3) is 4.57. The minimum Gasteiger partial charge on any atom is -0.361 e. The molecule has 4 rings (SSSR count). The maximum absolute atomic E-state index is 13.1. The third-order valence-corrected chi connectivity index (χ3v) is 7.18. The van der Waals surface area contributed by atoms with Crippen molar-refractivity contribution < 1.29 is 13.2 Å². The summed E-state index contributed by atoms with van der Waals surface area (Å²) in [5.41, 5.74) is 2.72. The standard InChI is InChI=1S/C23H27N3O3S/c1-16-7-6-10-19(13-16)30(28,29)26-22(23(27)25-18-8-2-3-9-18)14-17-15-24-21-12-5-4-11-20(17)21/h4-7,10-13,15,18,22,24,26H,2-3,8-9,14H2,1H3,(H,25,27)/t22-/m0/s1. The van der Waals surface area contributed by atoms with Crippen molar-refractivity contribution >= 4 is 26.8 Å². The van der Waals surface area contributed by atoms with Crippen molar-refractivity contribution in [3.05, 3.63) is 65.9 Å². The van der Waals surface area contributed by atoms with Crippen molar-refractivity contribution in [3.8, 4) is 0 Å². The Morgan fingerprint density at radius 2 is 1.90 bits per heavy atom. The summed E-state index contributed by atoms with van der Waals surface area (Å²) in [6, 6.07) is 13.7. The van der Waals surface area contributed by atoms with Crippen LogP contribution in [0, 0.1) is 6.92 Å². The number of carbonyl (C=O) groups excluding carboxylic acids is 1. The lowest BCUT2D eigenvalue weighted by atomic mass is 10.0. The summed E-state index contributed by atoms with van der Waals surface area (Å²) < 4.78 is 28.7. The molecule has 3 N–H and O–H groups in total. The Morgan fingerprint density at radius 1 is 1.13 bits per heavy atom. The quantitative estimate of drug-likeness (QED) is 0.542. The Hall–Kier alpha value is -2.64. The van der Waals surface area contributed by atoms with Crippen molar-refractivity contribution in [1.29, 1.82) is 0 Å². The van der Waals surface area contributed by atoms with Crippen LogP contribution >= 0.6 is 0 Å². The molecule has 0 spiro atoms. The molecule has 3 aromatic rings. The van der Waals surface area contributed by atoms with E-state index in [1.165, 1.54) is 0 Å². The number of hydrogen-bond donors (Lipinski definition) is 3. The monoisotopic (exact) mass is 425 g/mol. The number of aryl methyl sites for hydroxylation is 1. The molecule has 0 saturated heterocycles. The molecule has 0 bridgehead atoms. The van der Waals surface area contributed by atoms with Crippen LogP contribution in [-0.4, -0.2) is 31.4 Å². The van der Waals surface area contributed by atoms with E-state index in [0.717, 1.165) is 47.7 Å². The fraction of sp³-hybridized carbons (Fsp3) is 0.348. The average molecular weight is 426 g/mol. The molecule has 1 aliphatic carbocycles. The van der Waals surface area contributed by atoms with Crippen LogP contribution in [0.15, 0.2) is 59.6 Å². The first-order valence-electron chi connectivity index (χ1n) is 10.4. The molecule has 2 aromatic carbocycles. The van der Waals surface area contributed by atoms with Gasteiger partial charge in [0, 0.05) is 23.1 Å². The molecule has 158 valence electrons. The first-order chi connectivity index (χ1) is 14.4. The first-order valence-corrected chi connectivity index (χ1v) is 11.8. The van der Waals surface area contributed by atoms with Gasteiger partial charge in [-0.15, -0.1) is 0 Å². The summed E-state index contributed by atoms with van der Waals surface area (Å²) >= 11 is 0. The lowest BCUT2D eigenvalue weighted by Crippen LogP contribution is -2.50. The van der Waals surface area contributed by atoms with Gasteiger partial charge in [0.05, 0.1) is 4.90 Å². The summed E-state index contributed by atoms with van der Waals surface area (Å²) in [5, 5.41) is 4.04. The van der Waals surface area contributed by atoms with Crippen LogP contribution < -0.4 is 10.0 Å². The Bertz CT molecular complexity index is 1150. The number of aromatic nitrogens is 1. The Kier molecular flexibility index (Phi) is 5.92. The number of hydrogen-bond acceptors (Lipinski definition) is 3. The molecule has 1 fully saturated rings. The van der Waals surface area contributed by atoms with Crippen molar-refractivity contribution in [2.45, 2.75) is 56.0 Å². The van der Waals surface area contributed by atoms with E-state index in [0.29, 0.717) is 0 Å². The number of nitrogens with one attached hydrogen (secondary N) is 3. The maximum atomic E-state index is 13.1. The lowest BCUT2D eigenvalue weighted by molar-refractivity contribution is -0.123. The van der Waals surface area contributed by atoms with E-state index in [9.17, 15) is 13.2 Å². The van der Waals surface area contributed by atoms with Gasteiger partial charge in [0.2, 0.25) is 15.9 Å². The highest BCUT2D eigenvalue weighted by atomic mass is 32.2. The maximum Gasteiger partial charge on any atom is 0.241 e. The van der Waals surface area contributed by atoms with E-state index < -0.39 is 16.1 Å². The molecular formula is C23H27N3O3S. The second kappa shape index (κ2) is 8.62. The molecule has 6 nitrogen and oxygen atoms in total. The third-order valence-electron chi connectivity index (χ3n) is 5.71. The highest BCUT2D eigenvalue weighted by molar-refractivity contribution is 7.89. The highest BCUT2D eigenvalue weighted by Crippen LogP contribution is 2.22. The SMILES string of the molecule is Cc1cccc(S(=O)(=O)N[C@@H](Cc2c[nH]c3ccccc23)C(=O)NC2CCCC2)c1. The van der Waals surface area contributed by atoms with Crippen LogP contribution in [-0.2, 0) is 21.2 Å². The van der Waals surface area contributed by atoms with E-state index in [4.69, 9.17) is 0 Å². The fourth-order valence-corrected chi connectivity index (χ4v) is 5.42. The summed E-state index contributed by atoms with van der Waals surface area (Å²) in [5.74, 6) is -0.275. The van der Waals surface area contributed by atoms with Crippen molar-refractivity contribution in [1.82, 2.24) is 15.0 Å². The van der Waals surface area contributed by atoms with Crippen LogP contribution in [0.1, 0.15) is 36.8 Å². The molecule has 1 aromatic heterocycles. The van der Waals surface area contributed by atoms with Crippen molar-refractivity contribution in [2.24, 2.45) is 0 Å². The van der Waals surface area contributed by atoms with Crippen LogP contribution in [0.25, 0.3) is 10.9 Å². The van der Waals surface area contributed by atoms with Gasteiger partial charge in [-0.25, -0.2) is 8.42 Å². The average Bonchev–Trinajstić information content (AvgIpc) is 3.37. The minimum atomic E-state index is -3.84. The largest absolute Gasteiger partial charge is 0.361 e. The Labute approximate surface area is 177 Å². The predicted molar refractivity (Wildman–Crippen MR) is 118 cm³/mol. The molecule has 7 heteroatoms. The van der Waals surface area contributed by atoms with Gasteiger partial charge in [0.25, 0.3) is 0 Å². The van der Waals surface area contributed by atoms with E-state index in [1.807, 2.05) is 43.5 Å². The summed E-state index contributed by atoms with van der Waals surface area (Å²) in [6.45, 7) is 1.84. The Morgan fingerprint density at radius 3 is 2.67 bits per heavy atom. The molecule has 0 radical (unpaired) electrons. The fourth-order valence-electron chi connectivity index (χ4n) is 4.12. The zero-order chi connectivity index (χ0) is 21.1. The van der Waals surface area contributed by atoms with Crippen LogP contribution in [0.2, 0.25) is 0 Å². The normalized spacial score (nSPS) is 16.0. The number of benzene rings is 2. The number of fused-ring (bicyclic) bond motifs is 1. The summed E-state index contributed by atoms with van der Waals surface area (Å²) in [7, 11) is -3.84. The molecule has 1 saturated carbocycles. The molecule has 1 aliphatic rings. The molecule has 0 unspecified atom stereocenters. The van der Waals surface area contributed by atoms with E-state index in [-0.39, 0.29) is 23.3 Å². The smallest absolute Gasteiger partial charge is 0.241 e. The van der Waals surface area contributed by atoms with Crippen molar-refractivity contribution in [3.63, 3.8) is 0 Å². The molecule has 1 atom stereocenters. The number of sulfonamides is 1. The van der Waals surface area contributed by atoms with Crippen LogP contribution in [0.5, 0.6) is 0 Å². The van der Waals surface area contributed by atoms with Crippen LogP contribution in [0.4, 0.5) is 0 Å². The first kappa shape index (κ1) is 20.6. The Balaban J connectivity index is 1.61. The molecule has 0 aliphatic heterocycles. The predicted octanol–water partition coefficient (Wildman–Crippen LogP) is 3.42. The van der Waals surface area contributed by atoms with Gasteiger partial charge in [0.1, 0.15) is 6.04 Å². The van der Waals surface area contributed by atoms with Gasteiger partial charge < -0.3 is 10.3 Å². The number of aromatic amines is 1. The zero-order valence-electron chi connectivity index (χ0n) is 17.0. The highest BCUT2D eigenvalue weighted by Gasteiger charge is 2.29. The number of carbonyl (C=O) groups is 1. The number of para-hydroxylation sites is 1. The molecule has 1 amide bonds. The minimum absolute atomic E-state index is 0.117. The summed E-state index contributed by atoms with van der Waals surface area (Å²) in [6.07, 6.45) is 6.18. The summed E-state index contributed by atoms with van der Waals surface area (Å²) in [4.78, 5) is 16.5. The van der Waals surface area contributed by atoms with Gasteiger partial charge in [-0.2, -0.15) is 4.72 Å². The topological polar surface area (TPSA) is 91.1 Å². The van der Waals surface area contributed by atoms with E-state index >= 15 is 0 Å². The molecule has 1 heterocycles. The van der Waals surface area contributed by atoms with Gasteiger partial charge >= 0.3 is 0 Å². The van der Waals surface area contributed by atoms with Gasteiger partial charge in [-0.05, 0) is 55.5 Å². The number of rotatable bonds is 7. The second-order valence-corrected chi connectivity index (χ2v) is 9.76. The van der Waals surface area contributed by atoms with Gasteiger partial charge in [-0.3, -0.25) is 4.79 Å². The number of H-pyrrole nitrogens is 1. The van der Waals surface area contributed by atoms with Crippen molar-refractivity contribution in [2.75, 3.05) is 0 Å². The second-order valence-electron chi connectivity index (χ2n) is 8.04. The van der Waals surface area contributed by atoms with Gasteiger partial charge in [0.15, 0.2) is 0 Å². The lowest BCUT2D eigenvalue weighted by Gasteiger charge is -2.21.